The molecule has 2 aromatic heterocycles. The number of fused-ring (bicyclic) bond motifs is 1. The predicted octanol–water partition coefficient (Wildman–Crippen LogP) is 8.66. The number of halogens is 1. The van der Waals surface area contributed by atoms with Crippen LogP contribution in [0.3, 0.4) is 0 Å². The number of sulfonamides is 1. The smallest absolute Gasteiger partial charge is 0.293 e. The molecule has 2 fully saturated rings. The Bertz CT molecular complexity index is 2750. The number of carbonyl (C=O) groups is 1. The maximum Gasteiger partial charge on any atom is 0.293 e. The molecular formula is C45H50ClN7O7S. The number of ether oxygens (including phenoxy) is 2. The number of aromatic amines is 1. The summed E-state index contributed by atoms with van der Waals surface area (Å²) in [6.07, 6.45) is 7.14. The van der Waals surface area contributed by atoms with Gasteiger partial charge in [0.15, 0.2) is 0 Å². The standard InChI is InChI=1S/C45H50ClN7O7S/c1-45(2)15-11-33(39(26-45)31-3-5-34(46)6-4-31)29-51-17-19-52(20-18-51)35-7-9-38(42(24-35)60-36-23-32-12-16-47-43(32)49-28-36)44(54)50-61(57,58)37-8-10-40(41(25-37)53(55)56)48-27-30-13-21-59-22-14-30/h3-10,12,16,23-25,28,30,48H,11,13-15,17-22,26-27,29H2,1-2H3,(H,47,49)(H,50,54)/i19D2,20D2. The highest BCUT2D eigenvalue weighted by molar-refractivity contribution is 7.90. The van der Waals surface area contributed by atoms with Crippen LogP contribution in [0.25, 0.3) is 16.6 Å². The van der Waals surface area contributed by atoms with E-state index in [0.717, 1.165) is 59.8 Å². The fraction of sp³-hybridized carbons (Fsp3) is 0.378. The van der Waals surface area contributed by atoms with Crippen LogP contribution >= 0.6 is 11.6 Å². The quantitative estimate of drug-likeness (QED) is 0.0764. The molecule has 16 heteroatoms. The molecule has 4 heterocycles. The molecule has 0 radical (unpaired) electrons. The van der Waals surface area contributed by atoms with Gasteiger partial charge in [-0.25, -0.2) is 18.1 Å². The lowest BCUT2D eigenvalue weighted by Crippen LogP contribution is -2.47. The summed E-state index contributed by atoms with van der Waals surface area (Å²) < 4.78 is 78.2. The van der Waals surface area contributed by atoms with Crippen molar-refractivity contribution < 1.29 is 33.1 Å². The summed E-state index contributed by atoms with van der Waals surface area (Å²) in [4.78, 5) is 35.0. The first kappa shape index (κ1) is 37.3. The van der Waals surface area contributed by atoms with Crippen LogP contribution < -0.4 is 19.7 Å². The van der Waals surface area contributed by atoms with Crippen LogP contribution in [0.2, 0.25) is 5.02 Å². The van der Waals surface area contributed by atoms with Crippen LogP contribution in [-0.4, -0.2) is 86.5 Å². The van der Waals surface area contributed by atoms with Gasteiger partial charge < -0.3 is 24.7 Å². The number of benzene rings is 3. The third-order valence-corrected chi connectivity index (χ3v) is 13.0. The molecule has 0 atom stereocenters. The highest BCUT2D eigenvalue weighted by Gasteiger charge is 2.31. The van der Waals surface area contributed by atoms with E-state index in [-0.39, 0.29) is 52.9 Å². The molecule has 5 aromatic rings. The normalized spacial score (nSPS) is 20.3. The van der Waals surface area contributed by atoms with Gasteiger partial charge in [0.2, 0.25) is 0 Å². The van der Waals surface area contributed by atoms with Crippen LogP contribution in [0.15, 0.2) is 95.7 Å². The number of pyridine rings is 1. The molecule has 1 amide bonds. The van der Waals surface area contributed by atoms with Gasteiger partial charge in [-0.3, -0.25) is 19.8 Å². The minimum atomic E-state index is -4.71. The molecule has 3 aromatic carbocycles. The van der Waals surface area contributed by atoms with Crippen molar-refractivity contribution in [2.45, 2.75) is 50.8 Å². The largest absolute Gasteiger partial charge is 0.455 e. The zero-order chi connectivity index (χ0) is 46.3. The van der Waals surface area contributed by atoms with Gasteiger partial charge in [0.05, 0.1) is 27.1 Å². The lowest BCUT2D eigenvalue weighted by molar-refractivity contribution is -0.384. The third-order valence-electron chi connectivity index (χ3n) is 11.4. The second-order valence-electron chi connectivity index (χ2n) is 16.4. The average molecular weight is 872 g/mol. The van der Waals surface area contributed by atoms with Gasteiger partial charge in [0, 0.05) is 86.8 Å². The van der Waals surface area contributed by atoms with Gasteiger partial charge in [-0.05, 0) is 103 Å². The second-order valence-corrected chi connectivity index (χ2v) is 18.5. The zero-order valence-corrected chi connectivity index (χ0v) is 35.4. The van der Waals surface area contributed by atoms with Crippen molar-refractivity contribution in [2.24, 2.45) is 11.3 Å². The van der Waals surface area contributed by atoms with E-state index in [2.05, 4.69) is 29.1 Å². The van der Waals surface area contributed by atoms with Crippen molar-refractivity contribution in [3.63, 3.8) is 0 Å². The Morgan fingerprint density at radius 1 is 1.08 bits per heavy atom. The molecule has 2 aliphatic heterocycles. The molecule has 14 nitrogen and oxygen atoms in total. The lowest BCUT2D eigenvalue weighted by Gasteiger charge is -2.39. The average Bonchev–Trinajstić information content (AvgIpc) is 3.71. The van der Waals surface area contributed by atoms with Crippen molar-refractivity contribution in [1.82, 2.24) is 19.6 Å². The zero-order valence-electron chi connectivity index (χ0n) is 37.9. The Kier molecular flexibility index (Phi) is 10.9. The predicted molar refractivity (Wildman–Crippen MR) is 237 cm³/mol. The summed E-state index contributed by atoms with van der Waals surface area (Å²) >= 11 is 6.22. The maximum atomic E-state index is 14.0. The first-order chi connectivity index (χ1) is 30.8. The van der Waals surface area contributed by atoms with Crippen molar-refractivity contribution in [2.75, 3.05) is 62.6 Å². The highest BCUT2D eigenvalue weighted by Crippen LogP contribution is 2.43. The number of nitro groups is 1. The Morgan fingerprint density at radius 2 is 1.85 bits per heavy atom. The number of anilines is 2. The summed E-state index contributed by atoms with van der Waals surface area (Å²) in [5, 5.41) is 16.5. The van der Waals surface area contributed by atoms with E-state index in [1.165, 1.54) is 36.5 Å². The third kappa shape index (κ3) is 10.0. The summed E-state index contributed by atoms with van der Waals surface area (Å²) in [5.41, 5.74) is 3.29. The first-order valence-electron chi connectivity index (χ1n) is 22.2. The number of nitro benzene ring substituents is 1. The van der Waals surface area contributed by atoms with E-state index in [4.69, 9.17) is 21.1 Å². The second kappa shape index (κ2) is 17.9. The number of hydrogen-bond donors (Lipinski definition) is 3. The Labute approximate surface area is 366 Å². The van der Waals surface area contributed by atoms with E-state index in [1.54, 1.807) is 23.2 Å². The number of aromatic nitrogens is 2. The van der Waals surface area contributed by atoms with Gasteiger partial charge in [-0.15, -0.1) is 0 Å². The number of amides is 1. The molecule has 320 valence electrons. The van der Waals surface area contributed by atoms with Gasteiger partial charge >= 0.3 is 0 Å². The first-order valence-corrected chi connectivity index (χ1v) is 22.0. The molecule has 1 aliphatic carbocycles. The van der Waals surface area contributed by atoms with E-state index in [0.29, 0.717) is 42.4 Å². The Morgan fingerprint density at radius 3 is 2.61 bits per heavy atom. The number of H-pyrrole nitrogens is 1. The molecule has 0 unspecified atom stereocenters. The van der Waals surface area contributed by atoms with Crippen molar-refractivity contribution >= 4 is 61.2 Å². The minimum Gasteiger partial charge on any atom is -0.455 e. The SMILES string of the molecule is [2H]C1([2H])CN(CC2=C(c3ccc(Cl)cc3)CC(C)(C)CC2)CC([2H])([2H])N1c1ccc(C(=O)NS(=O)(=O)c2ccc(NCC3CCOCC3)c([N+](=O)[O-])c2)c(Oc2cnc3[nH]ccc3c2)c1. The molecular weight excluding hydrogens is 818 g/mol. The van der Waals surface area contributed by atoms with E-state index in [9.17, 15) is 28.8 Å². The van der Waals surface area contributed by atoms with E-state index in [1.807, 2.05) is 29.0 Å². The Hall–Kier alpha value is -5.48. The van der Waals surface area contributed by atoms with Crippen molar-refractivity contribution in [1.29, 1.82) is 0 Å². The number of piperazine rings is 1. The fourth-order valence-electron chi connectivity index (χ4n) is 7.93. The molecule has 0 spiro atoms. The lowest BCUT2D eigenvalue weighted by atomic mass is 9.72. The van der Waals surface area contributed by atoms with E-state index >= 15 is 0 Å². The number of allylic oxidation sites excluding steroid dienone is 1. The van der Waals surface area contributed by atoms with Gasteiger partial charge in [-0.2, -0.15) is 0 Å². The summed E-state index contributed by atoms with van der Waals surface area (Å²) in [5.74, 6) is -0.990. The fourth-order valence-corrected chi connectivity index (χ4v) is 9.04. The summed E-state index contributed by atoms with van der Waals surface area (Å²) in [6.45, 7) is 1.52. The van der Waals surface area contributed by atoms with Crippen LogP contribution in [-0.2, 0) is 14.8 Å². The maximum absolute atomic E-state index is 14.0. The van der Waals surface area contributed by atoms with Crippen molar-refractivity contribution in [3.8, 4) is 11.5 Å². The number of hydrogen-bond acceptors (Lipinski definition) is 11. The Balaban J connectivity index is 1.08. The summed E-state index contributed by atoms with van der Waals surface area (Å²) in [6, 6.07) is 18.3. The van der Waals surface area contributed by atoms with Crippen LogP contribution in [0.1, 0.15) is 67.4 Å². The highest BCUT2D eigenvalue weighted by atomic mass is 35.5. The molecule has 3 N–H and O–H groups in total. The van der Waals surface area contributed by atoms with Crippen LogP contribution in [0.5, 0.6) is 11.5 Å². The van der Waals surface area contributed by atoms with Gasteiger partial charge in [0.25, 0.3) is 21.6 Å². The van der Waals surface area contributed by atoms with Crippen LogP contribution in [0, 0.1) is 21.4 Å². The number of nitrogens with one attached hydrogen (secondary N) is 3. The molecule has 0 saturated carbocycles. The van der Waals surface area contributed by atoms with Gasteiger partial charge in [-0.1, -0.05) is 43.2 Å². The molecule has 2 saturated heterocycles. The van der Waals surface area contributed by atoms with E-state index < -0.39 is 44.4 Å². The molecule has 0 bridgehead atoms. The summed E-state index contributed by atoms with van der Waals surface area (Å²) in [7, 11) is -4.71. The van der Waals surface area contributed by atoms with Crippen LogP contribution in [0.4, 0.5) is 17.1 Å². The van der Waals surface area contributed by atoms with Gasteiger partial charge in [0.1, 0.15) is 22.8 Å². The topological polar surface area (TPSA) is 172 Å². The molecule has 3 aliphatic rings. The van der Waals surface area contributed by atoms with Crippen molar-refractivity contribution in [3.05, 3.63) is 117 Å². The number of rotatable bonds is 13. The molecule has 61 heavy (non-hydrogen) atoms. The number of nitrogens with zero attached hydrogens (tertiary/aromatic N) is 4. The number of carbonyl (C=O) groups excluding carboxylic acids is 1. The monoisotopic (exact) mass is 871 g/mol. The molecule has 8 rings (SSSR count). The minimum absolute atomic E-state index is 0.0321.